The number of amides is 1. The molecule has 4 nitrogen and oxygen atoms in total. The fourth-order valence-corrected chi connectivity index (χ4v) is 3.31. The summed E-state index contributed by atoms with van der Waals surface area (Å²) in [6, 6.07) is 10.0. The maximum absolute atomic E-state index is 12.2. The van der Waals surface area contributed by atoms with Crippen LogP contribution in [-0.2, 0) is 11.2 Å². The number of likely N-dealkylation sites (tertiary alicyclic amines) is 1. The first-order valence-electron chi connectivity index (χ1n) is 7.18. The van der Waals surface area contributed by atoms with Crippen molar-refractivity contribution < 1.29 is 9.90 Å². The van der Waals surface area contributed by atoms with Crippen LogP contribution in [0, 0.1) is 0 Å². The predicted molar refractivity (Wildman–Crippen MR) is 83.1 cm³/mol. The summed E-state index contributed by atoms with van der Waals surface area (Å²) < 4.78 is 0. The van der Waals surface area contributed by atoms with Gasteiger partial charge >= 0.3 is 0 Å². The van der Waals surface area contributed by atoms with Gasteiger partial charge in [0.05, 0.1) is 18.2 Å². The van der Waals surface area contributed by atoms with Gasteiger partial charge in [0, 0.05) is 24.0 Å². The normalized spacial score (nSPS) is 16.1. The van der Waals surface area contributed by atoms with Crippen LogP contribution in [0.3, 0.4) is 0 Å². The number of thiazole rings is 1. The zero-order valence-corrected chi connectivity index (χ0v) is 12.6. The molecule has 1 fully saturated rings. The number of carbonyl (C=O) groups is 1. The average Bonchev–Trinajstić information content (AvgIpc) is 2.97. The number of piperidine rings is 1. The van der Waals surface area contributed by atoms with E-state index >= 15 is 0 Å². The molecular formula is C16H18N2O2S. The number of nitrogens with zero attached hydrogens (tertiary/aromatic N) is 2. The quantitative estimate of drug-likeness (QED) is 0.947. The van der Waals surface area contributed by atoms with E-state index in [2.05, 4.69) is 4.98 Å². The van der Waals surface area contributed by atoms with E-state index in [-0.39, 0.29) is 12.0 Å². The van der Waals surface area contributed by atoms with Crippen molar-refractivity contribution in [2.75, 3.05) is 13.1 Å². The van der Waals surface area contributed by atoms with Gasteiger partial charge in [0.1, 0.15) is 5.01 Å². The van der Waals surface area contributed by atoms with Crippen molar-refractivity contribution in [3.05, 3.63) is 41.4 Å². The fourth-order valence-electron chi connectivity index (χ4n) is 2.48. The Balaban J connectivity index is 1.63. The minimum atomic E-state index is -0.252. The lowest BCUT2D eigenvalue weighted by molar-refractivity contribution is -0.132. The highest BCUT2D eigenvalue weighted by atomic mass is 32.1. The Morgan fingerprint density at radius 2 is 2.00 bits per heavy atom. The van der Waals surface area contributed by atoms with Crippen LogP contribution in [-0.4, -0.2) is 40.1 Å². The van der Waals surface area contributed by atoms with Crippen molar-refractivity contribution in [2.45, 2.75) is 25.4 Å². The summed E-state index contributed by atoms with van der Waals surface area (Å²) in [4.78, 5) is 18.6. The lowest BCUT2D eigenvalue weighted by Crippen LogP contribution is -2.40. The number of aromatic nitrogens is 1. The van der Waals surface area contributed by atoms with Gasteiger partial charge in [-0.3, -0.25) is 4.79 Å². The first kappa shape index (κ1) is 14.2. The molecule has 1 saturated heterocycles. The Morgan fingerprint density at radius 1 is 1.29 bits per heavy atom. The van der Waals surface area contributed by atoms with Gasteiger partial charge in [-0.2, -0.15) is 0 Å². The average molecular weight is 302 g/mol. The minimum Gasteiger partial charge on any atom is -0.393 e. The van der Waals surface area contributed by atoms with Gasteiger partial charge in [0.15, 0.2) is 0 Å². The van der Waals surface area contributed by atoms with Crippen LogP contribution in [0.2, 0.25) is 0 Å². The molecule has 0 saturated carbocycles. The molecule has 0 atom stereocenters. The first-order valence-corrected chi connectivity index (χ1v) is 8.06. The van der Waals surface area contributed by atoms with Crippen LogP contribution in [0.15, 0.2) is 35.7 Å². The Morgan fingerprint density at radius 3 is 2.71 bits per heavy atom. The highest BCUT2D eigenvalue weighted by Gasteiger charge is 2.21. The number of benzene rings is 1. The Labute approximate surface area is 128 Å². The maximum Gasteiger partial charge on any atom is 0.228 e. The zero-order chi connectivity index (χ0) is 14.7. The van der Waals surface area contributed by atoms with Crippen LogP contribution in [0.1, 0.15) is 18.5 Å². The highest BCUT2D eigenvalue weighted by Crippen LogP contribution is 2.23. The number of rotatable bonds is 3. The molecule has 2 heterocycles. The first-order chi connectivity index (χ1) is 10.2. The molecule has 110 valence electrons. The van der Waals surface area contributed by atoms with Gasteiger partial charge in [-0.1, -0.05) is 30.3 Å². The van der Waals surface area contributed by atoms with E-state index in [1.807, 2.05) is 40.6 Å². The molecule has 1 N–H and O–H groups in total. The fraction of sp³-hybridized carbons (Fsp3) is 0.375. The van der Waals surface area contributed by atoms with Crippen LogP contribution >= 0.6 is 11.3 Å². The van der Waals surface area contributed by atoms with E-state index in [4.69, 9.17) is 0 Å². The minimum absolute atomic E-state index is 0.104. The molecule has 0 bridgehead atoms. The van der Waals surface area contributed by atoms with Gasteiger partial charge in [-0.15, -0.1) is 11.3 Å². The molecule has 5 heteroatoms. The number of aliphatic hydroxyl groups excluding tert-OH is 1. The van der Waals surface area contributed by atoms with Crippen LogP contribution < -0.4 is 0 Å². The van der Waals surface area contributed by atoms with E-state index < -0.39 is 0 Å². The van der Waals surface area contributed by atoms with Crippen LogP contribution in [0.5, 0.6) is 0 Å². The lowest BCUT2D eigenvalue weighted by atomic mass is 10.1. The molecule has 1 aromatic heterocycles. The SMILES string of the molecule is O=C(Cc1csc(-c2ccccc2)n1)N1CCC(O)CC1. The smallest absolute Gasteiger partial charge is 0.228 e. The third-order valence-electron chi connectivity index (χ3n) is 3.72. The topological polar surface area (TPSA) is 53.4 Å². The molecular weight excluding hydrogens is 284 g/mol. The van der Waals surface area contributed by atoms with Crippen molar-refractivity contribution in [3.63, 3.8) is 0 Å². The van der Waals surface area contributed by atoms with E-state index in [0.29, 0.717) is 32.4 Å². The Bertz CT molecular complexity index is 604. The predicted octanol–water partition coefficient (Wildman–Crippen LogP) is 2.34. The largest absolute Gasteiger partial charge is 0.393 e. The van der Waals surface area contributed by atoms with E-state index in [0.717, 1.165) is 16.3 Å². The monoisotopic (exact) mass is 302 g/mol. The maximum atomic E-state index is 12.2. The number of aliphatic hydroxyl groups is 1. The molecule has 3 rings (SSSR count). The molecule has 1 aliphatic rings. The molecule has 2 aromatic rings. The zero-order valence-electron chi connectivity index (χ0n) is 11.7. The summed E-state index contributed by atoms with van der Waals surface area (Å²) in [5.41, 5.74) is 1.91. The van der Waals surface area contributed by atoms with Gasteiger partial charge in [0.2, 0.25) is 5.91 Å². The second-order valence-corrected chi connectivity index (χ2v) is 6.16. The third kappa shape index (κ3) is 3.49. The van der Waals surface area contributed by atoms with Crippen LogP contribution in [0.4, 0.5) is 0 Å². The summed E-state index contributed by atoms with van der Waals surface area (Å²) in [7, 11) is 0. The Kier molecular flexibility index (Phi) is 4.31. The van der Waals surface area contributed by atoms with Crippen molar-refractivity contribution in [3.8, 4) is 10.6 Å². The second-order valence-electron chi connectivity index (χ2n) is 5.30. The number of carbonyl (C=O) groups excluding carboxylic acids is 1. The van der Waals surface area contributed by atoms with Crippen molar-refractivity contribution in [1.29, 1.82) is 0 Å². The molecule has 0 radical (unpaired) electrons. The molecule has 1 amide bonds. The summed E-state index contributed by atoms with van der Waals surface area (Å²) in [5.74, 6) is 0.104. The van der Waals surface area contributed by atoms with Gasteiger partial charge in [0.25, 0.3) is 0 Å². The molecule has 21 heavy (non-hydrogen) atoms. The van der Waals surface area contributed by atoms with Gasteiger partial charge < -0.3 is 10.0 Å². The van der Waals surface area contributed by atoms with Gasteiger partial charge in [-0.05, 0) is 12.8 Å². The van der Waals surface area contributed by atoms with E-state index in [9.17, 15) is 9.90 Å². The number of hydrogen-bond donors (Lipinski definition) is 1. The van der Waals surface area contributed by atoms with E-state index in [1.54, 1.807) is 11.3 Å². The summed E-state index contributed by atoms with van der Waals surface area (Å²) in [6.45, 7) is 1.30. The van der Waals surface area contributed by atoms with E-state index in [1.165, 1.54) is 0 Å². The Hall–Kier alpha value is -1.72. The number of hydrogen-bond acceptors (Lipinski definition) is 4. The second kappa shape index (κ2) is 6.37. The molecule has 0 unspecified atom stereocenters. The molecule has 1 aliphatic heterocycles. The van der Waals surface area contributed by atoms with Crippen LogP contribution in [0.25, 0.3) is 10.6 Å². The standard InChI is InChI=1S/C16H18N2O2S/c19-14-6-8-18(9-7-14)15(20)10-13-11-21-16(17-13)12-4-2-1-3-5-12/h1-5,11,14,19H,6-10H2. The highest BCUT2D eigenvalue weighted by molar-refractivity contribution is 7.13. The van der Waals surface area contributed by atoms with Crippen molar-refractivity contribution in [1.82, 2.24) is 9.88 Å². The molecule has 0 aliphatic carbocycles. The molecule has 1 aromatic carbocycles. The molecule has 0 spiro atoms. The lowest BCUT2D eigenvalue weighted by Gasteiger charge is -2.29. The summed E-state index contributed by atoms with van der Waals surface area (Å²) in [6.07, 6.45) is 1.45. The van der Waals surface area contributed by atoms with Crippen molar-refractivity contribution in [2.24, 2.45) is 0 Å². The summed E-state index contributed by atoms with van der Waals surface area (Å²) in [5, 5.41) is 12.4. The summed E-state index contributed by atoms with van der Waals surface area (Å²) >= 11 is 1.57. The van der Waals surface area contributed by atoms with Gasteiger partial charge in [-0.25, -0.2) is 4.98 Å². The third-order valence-corrected chi connectivity index (χ3v) is 4.66. The van der Waals surface area contributed by atoms with Crippen molar-refractivity contribution >= 4 is 17.2 Å².